The van der Waals surface area contributed by atoms with Crippen LogP contribution in [0.5, 0.6) is 0 Å². The fourth-order valence-corrected chi connectivity index (χ4v) is 1.39. The summed E-state index contributed by atoms with van der Waals surface area (Å²) in [6.07, 6.45) is 2.53. The molecular formula is C11H22N2O. The first-order chi connectivity index (χ1) is 6.32. The van der Waals surface area contributed by atoms with Gasteiger partial charge >= 0.3 is 0 Å². The quantitative estimate of drug-likeness (QED) is 0.741. The Morgan fingerprint density at radius 3 is 2.36 bits per heavy atom. The average Bonchev–Trinajstić information content (AvgIpc) is 2.83. The Balaban J connectivity index is 2.45. The Kier molecular flexibility index (Phi) is 3.20. The summed E-state index contributed by atoms with van der Waals surface area (Å²) in [5, 5.41) is 0. The zero-order chi connectivity index (χ0) is 10.9. The number of carbonyl (C=O) groups is 1. The lowest BCUT2D eigenvalue weighted by Crippen LogP contribution is -2.49. The van der Waals surface area contributed by atoms with Gasteiger partial charge in [-0.3, -0.25) is 4.79 Å². The molecule has 0 bridgehead atoms. The summed E-state index contributed by atoms with van der Waals surface area (Å²) in [4.78, 5) is 13.6. The average molecular weight is 198 g/mol. The fourth-order valence-electron chi connectivity index (χ4n) is 1.39. The second-order valence-electron chi connectivity index (χ2n) is 5.51. The van der Waals surface area contributed by atoms with E-state index in [1.807, 2.05) is 27.8 Å². The summed E-state index contributed by atoms with van der Waals surface area (Å²) >= 11 is 0. The molecule has 1 amide bonds. The van der Waals surface area contributed by atoms with Gasteiger partial charge in [0, 0.05) is 13.6 Å². The maximum absolute atomic E-state index is 11.9. The van der Waals surface area contributed by atoms with Gasteiger partial charge in [0.1, 0.15) is 0 Å². The molecule has 0 heterocycles. The smallest absolute Gasteiger partial charge is 0.239 e. The number of rotatable bonds is 3. The van der Waals surface area contributed by atoms with Crippen LogP contribution in [-0.2, 0) is 4.79 Å². The SMILES string of the molecule is CN(CC1CC1)C(=O)C(N)C(C)(C)C. The van der Waals surface area contributed by atoms with Gasteiger partial charge in [-0.05, 0) is 24.2 Å². The van der Waals surface area contributed by atoms with Crippen molar-refractivity contribution in [1.82, 2.24) is 4.90 Å². The van der Waals surface area contributed by atoms with Crippen LogP contribution in [0.3, 0.4) is 0 Å². The van der Waals surface area contributed by atoms with Crippen molar-refractivity contribution in [2.75, 3.05) is 13.6 Å². The Hall–Kier alpha value is -0.570. The maximum atomic E-state index is 11.9. The highest BCUT2D eigenvalue weighted by atomic mass is 16.2. The monoisotopic (exact) mass is 198 g/mol. The minimum atomic E-state index is -0.383. The van der Waals surface area contributed by atoms with Crippen molar-refractivity contribution >= 4 is 5.91 Å². The fraction of sp³-hybridized carbons (Fsp3) is 0.909. The number of likely N-dealkylation sites (N-methyl/N-ethyl adjacent to an activating group) is 1. The van der Waals surface area contributed by atoms with Gasteiger partial charge < -0.3 is 10.6 Å². The molecule has 0 aliphatic heterocycles. The molecule has 3 nitrogen and oxygen atoms in total. The lowest BCUT2D eigenvalue weighted by molar-refractivity contribution is -0.133. The highest BCUT2D eigenvalue weighted by Gasteiger charge is 2.32. The van der Waals surface area contributed by atoms with Crippen molar-refractivity contribution in [3.63, 3.8) is 0 Å². The molecule has 0 spiro atoms. The van der Waals surface area contributed by atoms with Crippen molar-refractivity contribution in [2.24, 2.45) is 17.1 Å². The second kappa shape index (κ2) is 3.89. The van der Waals surface area contributed by atoms with Crippen LogP contribution in [0.25, 0.3) is 0 Å². The van der Waals surface area contributed by atoms with E-state index >= 15 is 0 Å². The van der Waals surface area contributed by atoms with E-state index in [2.05, 4.69) is 0 Å². The zero-order valence-corrected chi connectivity index (χ0v) is 9.71. The summed E-state index contributed by atoms with van der Waals surface area (Å²) in [7, 11) is 1.85. The van der Waals surface area contributed by atoms with Crippen molar-refractivity contribution in [3.8, 4) is 0 Å². The topological polar surface area (TPSA) is 46.3 Å². The minimum absolute atomic E-state index is 0.0735. The highest BCUT2D eigenvalue weighted by molar-refractivity contribution is 5.82. The molecule has 2 N–H and O–H groups in total. The maximum Gasteiger partial charge on any atom is 0.239 e. The molecule has 1 fully saturated rings. The number of carbonyl (C=O) groups excluding carboxylic acids is 1. The Bertz CT molecular complexity index is 216. The molecule has 1 aliphatic rings. The summed E-state index contributed by atoms with van der Waals surface area (Å²) < 4.78 is 0. The summed E-state index contributed by atoms with van der Waals surface area (Å²) in [5.41, 5.74) is 5.76. The normalized spacial score (nSPS) is 19.2. The third-order valence-electron chi connectivity index (χ3n) is 2.80. The van der Waals surface area contributed by atoms with Gasteiger partial charge in [-0.2, -0.15) is 0 Å². The van der Waals surface area contributed by atoms with Gasteiger partial charge in [0.2, 0.25) is 5.91 Å². The molecule has 1 unspecified atom stereocenters. The molecule has 0 aromatic rings. The third kappa shape index (κ3) is 2.98. The molecule has 0 radical (unpaired) electrons. The molecule has 3 heteroatoms. The van der Waals surface area contributed by atoms with E-state index in [-0.39, 0.29) is 17.4 Å². The van der Waals surface area contributed by atoms with Crippen LogP contribution in [0.2, 0.25) is 0 Å². The summed E-state index contributed by atoms with van der Waals surface area (Å²) in [6, 6.07) is -0.383. The van der Waals surface area contributed by atoms with Gasteiger partial charge in [-0.25, -0.2) is 0 Å². The Morgan fingerprint density at radius 2 is 2.00 bits per heavy atom. The summed E-state index contributed by atoms with van der Waals surface area (Å²) in [5.74, 6) is 0.806. The first-order valence-electron chi connectivity index (χ1n) is 5.33. The van der Waals surface area contributed by atoms with E-state index in [0.717, 1.165) is 12.5 Å². The predicted octanol–water partition coefficient (Wildman–Crippen LogP) is 1.23. The van der Waals surface area contributed by atoms with Gasteiger partial charge in [0.25, 0.3) is 0 Å². The van der Waals surface area contributed by atoms with Crippen molar-refractivity contribution in [3.05, 3.63) is 0 Å². The largest absolute Gasteiger partial charge is 0.344 e. The van der Waals surface area contributed by atoms with Crippen LogP contribution in [0.15, 0.2) is 0 Å². The van der Waals surface area contributed by atoms with Gasteiger partial charge in [0.05, 0.1) is 6.04 Å². The molecule has 0 aromatic heterocycles. The zero-order valence-electron chi connectivity index (χ0n) is 9.71. The Labute approximate surface area is 86.6 Å². The van der Waals surface area contributed by atoms with Gasteiger partial charge in [-0.15, -0.1) is 0 Å². The first kappa shape index (κ1) is 11.5. The lowest BCUT2D eigenvalue weighted by atomic mass is 9.86. The van der Waals surface area contributed by atoms with Gasteiger partial charge in [-0.1, -0.05) is 20.8 Å². The number of amides is 1. The first-order valence-corrected chi connectivity index (χ1v) is 5.33. The number of hydrogen-bond acceptors (Lipinski definition) is 2. The number of hydrogen-bond donors (Lipinski definition) is 1. The molecule has 0 saturated heterocycles. The van der Waals surface area contributed by atoms with E-state index < -0.39 is 0 Å². The molecule has 1 rings (SSSR count). The molecule has 1 aliphatic carbocycles. The van der Waals surface area contributed by atoms with Crippen LogP contribution in [0, 0.1) is 11.3 Å². The standard InChI is InChI=1S/C11H22N2O/c1-11(2,3)9(12)10(14)13(4)7-8-5-6-8/h8-9H,5-7,12H2,1-4H3. The van der Waals surface area contributed by atoms with Crippen LogP contribution in [0.4, 0.5) is 0 Å². The third-order valence-corrected chi connectivity index (χ3v) is 2.80. The van der Waals surface area contributed by atoms with E-state index in [9.17, 15) is 4.79 Å². The van der Waals surface area contributed by atoms with Crippen LogP contribution >= 0.6 is 0 Å². The van der Waals surface area contributed by atoms with Crippen LogP contribution < -0.4 is 5.73 Å². The van der Waals surface area contributed by atoms with Crippen molar-refractivity contribution in [2.45, 2.75) is 39.7 Å². The number of nitrogens with zero attached hydrogens (tertiary/aromatic N) is 1. The molecule has 1 atom stereocenters. The van der Waals surface area contributed by atoms with Crippen molar-refractivity contribution in [1.29, 1.82) is 0 Å². The van der Waals surface area contributed by atoms with E-state index in [0.29, 0.717) is 0 Å². The van der Waals surface area contributed by atoms with Crippen LogP contribution in [0.1, 0.15) is 33.6 Å². The molecule has 1 saturated carbocycles. The Morgan fingerprint density at radius 1 is 1.50 bits per heavy atom. The minimum Gasteiger partial charge on any atom is -0.344 e. The van der Waals surface area contributed by atoms with E-state index in [1.165, 1.54) is 12.8 Å². The lowest BCUT2D eigenvalue weighted by Gasteiger charge is -2.30. The van der Waals surface area contributed by atoms with E-state index in [1.54, 1.807) is 4.90 Å². The molecule has 82 valence electrons. The molecule has 14 heavy (non-hydrogen) atoms. The highest BCUT2D eigenvalue weighted by Crippen LogP contribution is 2.30. The molecular weight excluding hydrogens is 176 g/mol. The molecule has 0 aromatic carbocycles. The second-order valence-corrected chi connectivity index (χ2v) is 5.51. The van der Waals surface area contributed by atoms with Crippen LogP contribution in [-0.4, -0.2) is 30.4 Å². The van der Waals surface area contributed by atoms with Crippen molar-refractivity contribution < 1.29 is 4.79 Å². The predicted molar refractivity (Wildman–Crippen MR) is 57.8 cm³/mol. The van der Waals surface area contributed by atoms with E-state index in [4.69, 9.17) is 5.73 Å². The summed E-state index contributed by atoms with van der Waals surface area (Å²) in [6.45, 7) is 6.88. The number of nitrogens with two attached hydrogens (primary N) is 1. The van der Waals surface area contributed by atoms with Gasteiger partial charge in [0.15, 0.2) is 0 Å².